The van der Waals surface area contributed by atoms with Gasteiger partial charge in [0.15, 0.2) is 5.41 Å². The normalized spacial score (nSPS) is 21.7. The molecular weight excluding hydrogens is 304 g/mol. The Morgan fingerprint density at radius 1 is 1.09 bits per heavy atom. The Morgan fingerprint density at radius 3 is 2.22 bits per heavy atom. The van der Waals surface area contributed by atoms with Gasteiger partial charge in [0, 0.05) is 25.2 Å². The lowest BCUT2D eigenvalue weighted by atomic mass is 9.88. The van der Waals surface area contributed by atoms with Gasteiger partial charge in [0.1, 0.15) is 0 Å². The molecule has 0 aromatic heterocycles. The van der Waals surface area contributed by atoms with Crippen LogP contribution in [0.2, 0.25) is 0 Å². The van der Waals surface area contributed by atoms with Gasteiger partial charge >= 0.3 is 12.1 Å². The highest BCUT2D eigenvalue weighted by atomic mass is 16.4. The van der Waals surface area contributed by atoms with Crippen LogP contribution in [0, 0.1) is 5.41 Å². The minimum Gasteiger partial charge on any atom is -0.480 e. The number of carbonyl (C=O) groups excluding carboxylic acids is 2. The molecule has 1 aliphatic heterocycles. The molecule has 2 N–H and O–H groups in total. The second kappa shape index (κ2) is 6.07. The van der Waals surface area contributed by atoms with Crippen LogP contribution in [0.25, 0.3) is 0 Å². The maximum Gasteiger partial charge on any atom is 0.407 e. The molecule has 1 aromatic rings. The van der Waals surface area contributed by atoms with Gasteiger partial charge < -0.3 is 15.1 Å². The van der Waals surface area contributed by atoms with Crippen LogP contribution in [0.15, 0.2) is 30.3 Å². The van der Waals surface area contributed by atoms with Crippen LogP contribution in [-0.2, 0) is 9.59 Å². The lowest BCUT2D eigenvalue weighted by molar-refractivity contribution is -0.157. The zero-order valence-corrected chi connectivity index (χ0v) is 12.4. The first-order chi connectivity index (χ1) is 10.8. The molecule has 0 saturated carbocycles. The highest BCUT2D eigenvalue weighted by Crippen LogP contribution is 2.26. The van der Waals surface area contributed by atoms with Crippen molar-refractivity contribution in [2.45, 2.75) is 6.92 Å². The van der Waals surface area contributed by atoms with Crippen molar-refractivity contribution in [3.63, 3.8) is 0 Å². The lowest BCUT2D eigenvalue weighted by Gasteiger charge is -2.27. The molecule has 8 nitrogen and oxygen atoms in total. The van der Waals surface area contributed by atoms with E-state index in [-0.39, 0.29) is 18.7 Å². The monoisotopic (exact) mass is 320 g/mol. The molecule has 0 aliphatic carbocycles. The van der Waals surface area contributed by atoms with E-state index in [4.69, 9.17) is 5.11 Å². The summed E-state index contributed by atoms with van der Waals surface area (Å²) < 4.78 is 0. The average Bonchev–Trinajstić information content (AvgIpc) is 2.66. The number of imide groups is 1. The summed E-state index contributed by atoms with van der Waals surface area (Å²) in [6, 6.07) is 7.96. The second-order valence-electron chi connectivity index (χ2n) is 5.47. The summed E-state index contributed by atoms with van der Waals surface area (Å²) in [7, 11) is 0. The molecule has 3 amide bonds. The van der Waals surface area contributed by atoms with E-state index < -0.39 is 35.8 Å². The third-order valence-corrected chi connectivity index (χ3v) is 3.83. The Morgan fingerprint density at radius 2 is 1.70 bits per heavy atom. The first kappa shape index (κ1) is 16.5. The molecule has 23 heavy (non-hydrogen) atoms. The van der Waals surface area contributed by atoms with E-state index in [0.29, 0.717) is 0 Å². The molecule has 1 aliphatic rings. The Bertz CT molecular complexity index is 659. The van der Waals surface area contributed by atoms with Gasteiger partial charge in [0.25, 0.3) is 5.91 Å². The summed E-state index contributed by atoms with van der Waals surface area (Å²) in [5.41, 5.74) is -1.78. The SMILES string of the molecule is CC1(C(=O)O)CN(C(=O)O)CCN(C(=O)c2ccccc2)C1=O. The summed E-state index contributed by atoms with van der Waals surface area (Å²) >= 11 is 0. The number of carboxylic acid groups (broad SMARTS) is 2. The van der Waals surface area contributed by atoms with Crippen LogP contribution in [0.3, 0.4) is 0 Å². The van der Waals surface area contributed by atoms with E-state index in [0.717, 1.165) is 16.7 Å². The number of amides is 3. The smallest absolute Gasteiger partial charge is 0.407 e. The van der Waals surface area contributed by atoms with Crippen LogP contribution in [0.1, 0.15) is 17.3 Å². The fourth-order valence-corrected chi connectivity index (χ4v) is 2.40. The molecule has 1 saturated heterocycles. The summed E-state index contributed by atoms with van der Waals surface area (Å²) in [6.07, 6.45) is -1.33. The number of carboxylic acids is 1. The van der Waals surface area contributed by atoms with Gasteiger partial charge in [-0.05, 0) is 19.1 Å². The Hall–Kier alpha value is -2.90. The third-order valence-electron chi connectivity index (χ3n) is 3.83. The minimum atomic E-state index is -2.01. The molecule has 1 fully saturated rings. The summed E-state index contributed by atoms with van der Waals surface area (Å²) in [6.45, 7) is 0.295. The molecule has 1 unspecified atom stereocenters. The molecule has 0 spiro atoms. The van der Waals surface area contributed by atoms with E-state index in [9.17, 15) is 24.3 Å². The number of nitrogens with zero attached hydrogens (tertiary/aromatic N) is 2. The van der Waals surface area contributed by atoms with E-state index in [1.54, 1.807) is 18.2 Å². The Labute approximate surface area is 131 Å². The maximum atomic E-state index is 12.6. The third kappa shape index (κ3) is 3.01. The molecule has 1 heterocycles. The van der Waals surface area contributed by atoms with Crippen molar-refractivity contribution in [2.24, 2.45) is 5.41 Å². The van der Waals surface area contributed by atoms with Crippen molar-refractivity contribution in [1.29, 1.82) is 0 Å². The number of benzene rings is 1. The van der Waals surface area contributed by atoms with Crippen molar-refractivity contribution >= 4 is 23.9 Å². The molecule has 8 heteroatoms. The number of rotatable bonds is 2. The molecule has 1 aromatic carbocycles. The van der Waals surface area contributed by atoms with Gasteiger partial charge in [0.05, 0.1) is 0 Å². The number of carbonyl (C=O) groups is 4. The first-order valence-corrected chi connectivity index (χ1v) is 6.90. The minimum absolute atomic E-state index is 0.136. The van der Waals surface area contributed by atoms with Crippen molar-refractivity contribution in [1.82, 2.24) is 9.80 Å². The molecular formula is C15H16N2O6. The van der Waals surface area contributed by atoms with E-state index in [1.165, 1.54) is 12.1 Å². The van der Waals surface area contributed by atoms with E-state index >= 15 is 0 Å². The summed E-state index contributed by atoms with van der Waals surface area (Å²) in [5.74, 6) is -3.03. The molecule has 0 radical (unpaired) electrons. The van der Waals surface area contributed by atoms with Gasteiger partial charge in [-0.3, -0.25) is 19.3 Å². The quantitative estimate of drug-likeness (QED) is 0.613. The number of hydrogen-bond donors (Lipinski definition) is 2. The number of aliphatic carboxylic acids is 1. The van der Waals surface area contributed by atoms with Crippen molar-refractivity contribution in [3.05, 3.63) is 35.9 Å². The van der Waals surface area contributed by atoms with Crippen molar-refractivity contribution < 1.29 is 29.4 Å². The molecule has 0 bridgehead atoms. The highest BCUT2D eigenvalue weighted by molar-refractivity contribution is 6.12. The average molecular weight is 320 g/mol. The first-order valence-electron chi connectivity index (χ1n) is 6.90. The van der Waals surface area contributed by atoms with Gasteiger partial charge in [-0.2, -0.15) is 0 Å². The van der Waals surface area contributed by atoms with Crippen LogP contribution in [-0.4, -0.2) is 63.5 Å². The van der Waals surface area contributed by atoms with Gasteiger partial charge in [-0.1, -0.05) is 18.2 Å². The van der Waals surface area contributed by atoms with Gasteiger partial charge in [0.2, 0.25) is 5.91 Å². The summed E-state index contributed by atoms with van der Waals surface area (Å²) in [5, 5.41) is 18.5. The molecule has 2 rings (SSSR count). The van der Waals surface area contributed by atoms with Crippen LogP contribution < -0.4 is 0 Å². The maximum absolute atomic E-state index is 12.6. The zero-order valence-electron chi connectivity index (χ0n) is 12.4. The predicted molar refractivity (Wildman–Crippen MR) is 77.8 cm³/mol. The van der Waals surface area contributed by atoms with Crippen molar-refractivity contribution in [3.8, 4) is 0 Å². The van der Waals surface area contributed by atoms with E-state index in [1.807, 2.05) is 0 Å². The lowest BCUT2D eigenvalue weighted by Crippen LogP contribution is -2.51. The highest BCUT2D eigenvalue weighted by Gasteiger charge is 2.49. The molecule has 1 atom stereocenters. The fourth-order valence-electron chi connectivity index (χ4n) is 2.40. The van der Waals surface area contributed by atoms with Crippen LogP contribution >= 0.6 is 0 Å². The number of hydrogen-bond acceptors (Lipinski definition) is 4. The van der Waals surface area contributed by atoms with E-state index in [2.05, 4.69) is 0 Å². The predicted octanol–water partition coefficient (Wildman–Crippen LogP) is 0.740. The second-order valence-corrected chi connectivity index (χ2v) is 5.47. The Kier molecular flexibility index (Phi) is 4.35. The standard InChI is InChI=1S/C15H16N2O6/c1-15(13(20)21)9-16(14(22)23)7-8-17(12(15)19)11(18)10-5-3-2-4-6-10/h2-6H,7-9H2,1H3,(H,20,21)(H,22,23). The zero-order chi connectivity index (χ0) is 17.2. The fraction of sp³-hybridized carbons (Fsp3) is 0.333. The largest absolute Gasteiger partial charge is 0.480 e. The van der Waals surface area contributed by atoms with Crippen LogP contribution in [0.4, 0.5) is 4.79 Å². The summed E-state index contributed by atoms with van der Waals surface area (Å²) in [4.78, 5) is 49.5. The van der Waals surface area contributed by atoms with Crippen LogP contribution in [0.5, 0.6) is 0 Å². The van der Waals surface area contributed by atoms with Gasteiger partial charge in [-0.15, -0.1) is 0 Å². The topological polar surface area (TPSA) is 115 Å². The van der Waals surface area contributed by atoms with Crippen molar-refractivity contribution in [2.75, 3.05) is 19.6 Å². The Balaban J connectivity index is 2.40. The molecule has 122 valence electrons. The van der Waals surface area contributed by atoms with Gasteiger partial charge in [-0.25, -0.2) is 4.79 Å².